The van der Waals surface area contributed by atoms with Gasteiger partial charge >= 0.3 is 0 Å². The van der Waals surface area contributed by atoms with Crippen molar-refractivity contribution in [2.24, 2.45) is 11.5 Å². The Morgan fingerprint density at radius 2 is 1.85 bits per heavy atom. The van der Waals surface area contributed by atoms with Gasteiger partial charge in [-0.1, -0.05) is 0 Å². The third-order valence-electron chi connectivity index (χ3n) is 1.53. The predicted octanol–water partition coefficient (Wildman–Crippen LogP) is -0.412. The lowest BCUT2D eigenvalue weighted by molar-refractivity contribution is 0.0963. The van der Waals surface area contributed by atoms with Crippen LogP contribution in [0.2, 0.25) is 0 Å². The Balaban J connectivity index is 3.35. The zero-order valence-electron chi connectivity index (χ0n) is 7.07. The molecule has 0 radical (unpaired) electrons. The number of carbonyl (C=O) groups is 2. The van der Waals surface area contributed by atoms with Gasteiger partial charge in [0.15, 0.2) is 0 Å². The molecule has 1 aromatic rings. The first-order chi connectivity index (χ1) is 6.02. The molecule has 0 saturated heterocycles. The molecule has 0 aliphatic heterocycles. The van der Waals surface area contributed by atoms with E-state index in [1.54, 1.807) is 13.0 Å². The fourth-order valence-electron chi connectivity index (χ4n) is 0.943. The average molecular weight is 179 g/mol. The van der Waals surface area contributed by atoms with Crippen molar-refractivity contribution in [3.8, 4) is 0 Å². The van der Waals surface area contributed by atoms with Gasteiger partial charge < -0.3 is 11.5 Å². The van der Waals surface area contributed by atoms with E-state index in [1.807, 2.05) is 0 Å². The highest BCUT2D eigenvalue weighted by Gasteiger charge is 2.13. The van der Waals surface area contributed by atoms with Crippen molar-refractivity contribution >= 4 is 11.8 Å². The summed E-state index contributed by atoms with van der Waals surface area (Å²) in [6.45, 7) is 1.69. The first-order valence-electron chi connectivity index (χ1n) is 3.59. The summed E-state index contributed by atoms with van der Waals surface area (Å²) in [7, 11) is 0. The minimum atomic E-state index is -0.752. The van der Waals surface area contributed by atoms with E-state index in [2.05, 4.69) is 4.98 Å². The monoisotopic (exact) mass is 179 g/mol. The summed E-state index contributed by atoms with van der Waals surface area (Å²) in [5.74, 6) is -1.46. The fraction of sp³-hybridized carbons (Fsp3) is 0.125. The van der Waals surface area contributed by atoms with Crippen molar-refractivity contribution in [2.75, 3.05) is 0 Å². The fourth-order valence-corrected chi connectivity index (χ4v) is 0.943. The van der Waals surface area contributed by atoms with E-state index in [0.717, 1.165) is 0 Å². The molecule has 1 aromatic heterocycles. The van der Waals surface area contributed by atoms with Gasteiger partial charge in [0, 0.05) is 5.69 Å². The molecular weight excluding hydrogens is 170 g/mol. The highest BCUT2D eigenvalue weighted by atomic mass is 16.2. The number of carbonyl (C=O) groups excluding carboxylic acids is 2. The molecule has 0 bridgehead atoms. The number of rotatable bonds is 2. The van der Waals surface area contributed by atoms with E-state index in [0.29, 0.717) is 5.69 Å². The van der Waals surface area contributed by atoms with Gasteiger partial charge in [-0.15, -0.1) is 0 Å². The molecule has 0 saturated carbocycles. The number of aryl methyl sites for hydroxylation is 1. The molecule has 5 heteroatoms. The zero-order valence-corrected chi connectivity index (χ0v) is 7.07. The Labute approximate surface area is 74.7 Å². The van der Waals surface area contributed by atoms with Crippen molar-refractivity contribution in [2.45, 2.75) is 6.92 Å². The summed E-state index contributed by atoms with van der Waals surface area (Å²) in [5.41, 5.74) is 10.6. The van der Waals surface area contributed by atoms with Crippen LogP contribution in [0.5, 0.6) is 0 Å². The van der Waals surface area contributed by atoms with Crippen molar-refractivity contribution in [1.82, 2.24) is 4.98 Å². The van der Waals surface area contributed by atoms with Crippen molar-refractivity contribution in [3.05, 3.63) is 29.1 Å². The van der Waals surface area contributed by atoms with Crippen LogP contribution in [0.4, 0.5) is 0 Å². The molecule has 1 rings (SSSR count). The largest absolute Gasteiger partial charge is 0.366 e. The summed E-state index contributed by atoms with van der Waals surface area (Å²) in [6, 6.07) is 3.03. The molecule has 0 atom stereocenters. The van der Waals surface area contributed by atoms with Crippen molar-refractivity contribution < 1.29 is 9.59 Å². The molecule has 0 fully saturated rings. The molecule has 0 spiro atoms. The lowest BCUT2D eigenvalue weighted by atomic mass is 10.1. The van der Waals surface area contributed by atoms with Gasteiger partial charge in [-0.25, -0.2) is 4.98 Å². The summed E-state index contributed by atoms with van der Waals surface area (Å²) in [6.07, 6.45) is 0. The molecular formula is C8H9N3O2. The maximum Gasteiger partial charge on any atom is 0.268 e. The second kappa shape index (κ2) is 3.22. The van der Waals surface area contributed by atoms with Crippen LogP contribution in [-0.4, -0.2) is 16.8 Å². The van der Waals surface area contributed by atoms with Crippen LogP contribution in [0.15, 0.2) is 12.1 Å². The number of hydrogen-bond donors (Lipinski definition) is 2. The molecule has 13 heavy (non-hydrogen) atoms. The standard InChI is InChI=1S/C8H9N3O2/c1-4-2-3-5(7(9)12)6(11-4)8(10)13/h2-3H,1H3,(H2,9,12)(H2,10,13). The topological polar surface area (TPSA) is 99.1 Å². The Morgan fingerprint density at radius 3 is 2.31 bits per heavy atom. The smallest absolute Gasteiger partial charge is 0.268 e. The van der Waals surface area contributed by atoms with Gasteiger partial charge in [0.25, 0.3) is 11.8 Å². The predicted molar refractivity (Wildman–Crippen MR) is 46.0 cm³/mol. The van der Waals surface area contributed by atoms with Crippen molar-refractivity contribution in [3.63, 3.8) is 0 Å². The lowest BCUT2D eigenvalue weighted by Gasteiger charge is -2.02. The normalized spacial score (nSPS) is 9.62. The Kier molecular flexibility index (Phi) is 2.27. The molecule has 5 nitrogen and oxygen atoms in total. The van der Waals surface area contributed by atoms with Gasteiger partial charge in [0.2, 0.25) is 0 Å². The quantitative estimate of drug-likeness (QED) is 0.645. The second-order valence-corrected chi connectivity index (χ2v) is 2.58. The van der Waals surface area contributed by atoms with Gasteiger partial charge in [-0.2, -0.15) is 0 Å². The van der Waals surface area contributed by atoms with E-state index in [4.69, 9.17) is 11.5 Å². The molecule has 0 unspecified atom stereocenters. The van der Waals surface area contributed by atoms with Gasteiger partial charge in [-0.05, 0) is 19.1 Å². The van der Waals surface area contributed by atoms with Gasteiger partial charge in [0.05, 0.1) is 5.56 Å². The first-order valence-corrected chi connectivity index (χ1v) is 3.59. The summed E-state index contributed by atoms with van der Waals surface area (Å²) < 4.78 is 0. The van der Waals surface area contributed by atoms with E-state index in [9.17, 15) is 9.59 Å². The van der Waals surface area contributed by atoms with Gasteiger partial charge in [-0.3, -0.25) is 9.59 Å². The lowest BCUT2D eigenvalue weighted by Crippen LogP contribution is -2.22. The molecule has 0 aliphatic carbocycles. The third-order valence-corrected chi connectivity index (χ3v) is 1.53. The summed E-state index contributed by atoms with van der Waals surface area (Å²) in [5, 5.41) is 0. The zero-order chi connectivity index (χ0) is 10.0. The molecule has 0 aliphatic rings. The maximum atomic E-state index is 10.8. The highest BCUT2D eigenvalue weighted by molar-refractivity contribution is 6.04. The minimum absolute atomic E-state index is 0.0538. The number of nitrogens with two attached hydrogens (primary N) is 2. The van der Waals surface area contributed by atoms with Crippen LogP contribution in [0.3, 0.4) is 0 Å². The van der Waals surface area contributed by atoms with E-state index in [1.165, 1.54) is 6.07 Å². The Morgan fingerprint density at radius 1 is 1.23 bits per heavy atom. The summed E-state index contributed by atoms with van der Waals surface area (Å²) >= 11 is 0. The third kappa shape index (κ3) is 1.81. The Bertz CT molecular complexity index is 374. The molecule has 1 heterocycles. The number of hydrogen-bond acceptors (Lipinski definition) is 3. The first kappa shape index (κ1) is 9.18. The Hall–Kier alpha value is -1.91. The average Bonchev–Trinajstić information content (AvgIpc) is 2.03. The van der Waals surface area contributed by atoms with E-state index < -0.39 is 11.8 Å². The number of amides is 2. The van der Waals surface area contributed by atoms with Crippen LogP contribution in [0.25, 0.3) is 0 Å². The van der Waals surface area contributed by atoms with E-state index >= 15 is 0 Å². The van der Waals surface area contributed by atoms with Crippen LogP contribution in [0, 0.1) is 6.92 Å². The molecule has 0 aromatic carbocycles. The number of pyridine rings is 1. The molecule has 2 amide bonds. The number of nitrogens with zero attached hydrogens (tertiary/aromatic N) is 1. The molecule has 68 valence electrons. The van der Waals surface area contributed by atoms with Crippen molar-refractivity contribution in [1.29, 1.82) is 0 Å². The highest BCUT2D eigenvalue weighted by Crippen LogP contribution is 2.05. The van der Waals surface area contributed by atoms with Gasteiger partial charge in [0.1, 0.15) is 5.69 Å². The SMILES string of the molecule is Cc1ccc(C(N)=O)c(C(N)=O)n1. The second-order valence-electron chi connectivity index (χ2n) is 2.58. The van der Waals surface area contributed by atoms with Crippen LogP contribution >= 0.6 is 0 Å². The number of primary amides is 2. The number of aromatic nitrogens is 1. The maximum absolute atomic E-state index is 10.8. The van der Waals surface area contributed by atoms with Crippen LogP contribution < -0.4 is 11.5 Å². The van der Waals surface area contributed by atoms with E-state index in [-0.39, 0.29) is 11.3 Å². The minimum Gasteiger partial charge on any atom is -0.366 e. The van der Waals surface area contributed by atoms with Crippen LogP contribution in [-0.2, 0) is 0 Å². The summed E-state index contributed by atoms with van der Waals surface area (Å²) in [4.78, 5) is 25.5. The van der Waals surface area contributed by atoms with Crippen LogP contribution in [0.1, 0.15) is 26.5 Å². The molecule has 4 N–H and O–H groups in total.